The predicted octanol–water partition coefficient (Wildman–Crippen LogP) is 3.08. The van der Waals surface area contributed by atoms with Crippen LogP contribution in [0.25, 0.3) is 5.69 Å². The van der Waals surface area contributed by atoms with Crippen molar-refractivity contribution in [3.63, 3.8) is 0 Å². The van der Waals surface area contributed by atoms with E-state index in [1.807, 2.05) is 0 Å². The molecule has 0 atom stereocenters. The molecule has 0 radical (unpaired) electrons. The molecule has 0 aliphatic heterocycles. The van der Waals surface area contributed by atoms with Crippen molar-refractivity contribution in [3.8, 4) is 17.2 Å². The zero-order valence-corrected chi connectivity index (χ0v) is 14.3. The van der Waals surface area contributed by atoms with E-state index in [1.165, 1.54) is 11.0 Å². The summed E-state index contributed by atoms with van der Waals surface area (Å²) >= 11 is 5.84. The van der Waals surface area contributed by atoms with E-state index < -0.39 is 11.6 Å². The van der Waals surface area contributed by atoms with Gasteiger partial charge in [-0.05, 0) is 72.8 Å². The summed E-state index contributed by atoms with van der Waals surface area (Å²) in [4.78, 5) is 12.4. The maximum Gasteiger partial charge on any atom is 0.355 e. The number of hydrogen-bond donors (Lipinski definition) is 0. The van der Waals surface area contributed by atoms with Crippen molar-refractivity contribution < 1.29 is 14.3 Å². The molecule has 0 saturated heterocycles. The molecule has 3 aromatic rings. The maximum absolute atomic E-state index is 12.4. The molecule has 128 valence electrons. The first-order valence-electron chi connectivity index (χ1n) is 7.44. The van der Waals surface area contributed by atoms with E-state index in [1.54, 1.807) is 62.4 Å². The quantitative estimate of drug-likeness (QED) is 0.515. The molecule has 0 N–H and O–H groups in total. The van der Waals surface area contributed by atoms with Crippen molar-refractivity contribution in [2.75, 3.05) is 0 Å². The zero-order chi connectivity index (χ0) is 17.9. The van der Waals surface area contributed by atoms with E-state index in [0.717, 1.165) is 5.69 Å². The van der Waals surface area contributed by atoms with E-state index in [0.29, 0.717) is 16.5 Å². The Balaban J connectivity index is 1.67. The van der Waals surface area contributed by atoms with Crippen LogP contribution < -0.4 is 9.47 Å². The fourth-order valence-electron chi connectivity index (χ4n) is 2.02. The van der Waals surface area contributed by atoms with Crippen LogP contribution in [0.2, 0.25) is 5.02 Å². The number of carbonyl (C=O) groups excluding carboxylic acids is 1. The molecule has 0 spiro atoms. The summed E-state index contributed by atoms with van der Waals surface area (Å²) < 4.78 is 12.6. The lowest BCUT2D eigenvalue weighted by atomic mass is 10.1. The van der Waals surface area contributed by atoms with Gasteiger partial charge in [0, 0.05) is 5.02 Å². The van der Waals surface area contributed by atoms with Crippen LogP contribution in [0.5, 0.6) is 11.5 Å². The third-order valence-corrected chi connectivity index (χ3v) is 3.59. The van der Waals surface area contributed by atoms with Gasteiger partial charge >= 0.3 is 5.97 Å². The minimum absolute atomic E-state index is 0.398. The molecule has 25 heavy (non-hydrogen) atoms. The van der Waals surface area contributed by atoms with Crippen LogP contribution in [0.3, 0.4) is 0 Å². The molecule has 0 bridgehead atoms. The Morgan fingerprint density at radius 1 is 1.04 bits per heavy atom. The van der Waals surface area contributed by atoms with E-state index in [9.17, 15) is 4.79 Å². The molecule has 1 heterocycles. The van der Waals surface area contributed by atoms with Gasteiger partial charge in [0.25, 0.3) is 0 Å². The third-order valence-electron chi connectivity index (χ3n) is 3.34. The average molecular weight is 359 g/mol. The van der Waals surface area contributed by atoms with E-state index in [-0.39, 0.29) is 0 Å². The van der Waals surface area contributed by atoms with Gasteiger partial charge < -0.3 is 9.47 Å². The Morgan fingerprint density at radius 2 is 1.68 bits per heavy atom. The second-order valence-corrected chi connectivity index (χ2v) is 6.14. The summed E-state index contributed by atoms with van der Waals surface area (Å²) in [5.41, 5.74) is -0.413. The van der Waals surface area contributed by atoms with Crippen molar-refractivity contribution in [1.29, 1.82) is 0 Å². The summed E-state index contributed by atoms with van der Waals surface area (Å²) in [5, 5.41) is 11.5. The molecule has 0 saturated carbocycles. The fourth-order valence-corrected chi connectivity index (χ4v) is 2.14. The maximum atomic E-state index is 12.4. The van der Waals surface area contributed by atoms with Gasteiger partial charge in [-0.25, -0.2) is 9.48 Å². The van der Waals surface area contributed by atoms with E-state index in [4.69, 9.17) is 21.1 Å². The van der Waals surface area contributed by atoms with Crippen LogP contribution >= 0.6 is 11.6 Å². The first kappa shape index (κ1) is 16.9. The Bertz CT molecular complexity index is 847. The minimum Gasteiger partial charge on any atom is -0.476 e. The SMILES string of the molecule is CC(C)(Oc1ccc(Cl)cc1)C(=O)Oc1ccc(-n2cnnn2)cc1. The molecule has 7 nitrogen and oxygen atoms in total. The highest BCUT2D eigenvalue weighted by atomic mass is 35.5. The number of ether oxygens (including phenoxy) is 2. The highest BCUT2D eigenvalue weighted by Gasteiger charge is 2.32. The standard InChI is InChI=1S/C17H15ClN4O3/c1-17(2,25-15-7-3-12(18)4-8-15)16(23)24-14-9-5-13(6-10-14)22-11-19-20-21-22/h3-11H,1-2H3. The Hall–Kier alpha value is -2.93. The van der Waals surface area contributed by atoms with Gasteiger partial charge in [0.1, 0.15) is 17.8 Å². The van der Waals surface area contributed by atoms with Crippen LogP contribution in [0, 0.1) is 0 Å². The summed E-state index contributed by atoms with van der Waals surface area (Å²) in [6, 6.07) is 13.6. The number of esters is 1. The lowest BCUT2D eigenvalue weighted by Gasteiger charge is -2.24. The Morgan fingerprint density at radius 3 is 2.28 bits per heavy atom. The van der Waals surface area contributed by atoms with E-state index >= 15 is 0 Å². The second kappa shape index (κ2) is 6.90. The van der Waals surface area contributed by atoms with Crippen LogP contribution in [0.1, 0.15) is 13.8 Å². The summed E-state index contributed by atoms with van der Waals surface area (Å²) in [6.07, 6.45) is 1.48. The minimum atomic E-state index is -1.16. The van der Waals surface area contributed by atoms with Gasteiger partial charge in [-0.3, -0.25) is 0 Å². The van der Waals surface area contributed by atoms with Gasteiger partial charge in [-0.15, -0.1) is 5.10 Å². The number of nitrogens with zero attached hydrogens (tertiary/aromatic N) is 4. The second-order valence-electron chi connectivity index (χ2n) is 5.70. The lowest BCUT2D eigenvalue weighted by molar-refractivity contribution is -0.149. The molecule has 2 aromatic carbocycles. The molecular weight excluding hydrogens is 344 g/mol. The predicted molar refractivity (Wildman–Crippen MR) is 90.9 cm³/mol. The van der Waals surface area contributed by atoms with Crippen LogP contribution in [0.4, 0.5) is 0 Å². The van der Waals surface area contributed by atoms with Crippen molar-refractivity contribution in [1.82, 2.24) is 20.2 Å². The highest BCUT2D eigenvalue weighted by Crippen LogP contribution is 2.23. The summed E-state index contributed by atoms with van der Waals surface area (Å²) in [5.74, 6) is 0.410. The molecule has 0 aliphatic rings. The average Bonchev–Trinajstić information content (AvgIpc) is 3.12. The number of carbonyl (C=O) groups is 1. The third kappa shape index (κ3) is 4.13. The zero-order valence-electron chi connectivity index (χ0n) is 13.6. The first-order chi connectivity index (χ1) is 11.9. The van der Waals surface area contributed by atoms with Gasteiger partial charge in [0.2, 0.25) is 5.60 Å². The fraction of sp³-hybridized carbons (Fsp3) is 0.176. The van der Waals surface area contributed by atoms with Crippen LogP contribution in [0.15, 0.2) is 54.9 Å². The van der Waals surface area contributed by atoms with Crippen molar-refractivity contribution >= 4 is 17.6 Å². The molecular formula is C17H15ClN4O3. The van der Waals surface area contributed by atoms with E-state index in [2.05, 4.69) is 15.5 Å². The molecule has 8 heteroatoms. The largest absolute Gasteiger partial charge is 0.476 e. The number of benzene rings is 2. The number of hydrogen-bond acceptors (Lipinski definition) is 6. The lowest BCUT2D eigenvalue weighted by Crippen LogP contribution is -2.41. The smallest absolute Gasteiger partial charge is 0.355 e. The molecule has 0 aliphatic carbocycles. The van der Waals surface area contributed by atoms with Gasteiger partial charge in [-0.1, -0.05) is 11.6 Å². The number of halogens is 1. The number of tetrazole rings is 1. The normalized spacial score (nSPS) is 11.2. The van der Waals surface area contributed by atoms with Gasteiger partial charge in [-0.2, -0.15) is 0 Å². The van der Waals surface area contributed by atoms with Crippen LogP contribution in [-0.2, 0) is 4.79 Å². The first-order valence-corrected chi connectivity index (χ1v) is 7.82. The topological polar surface area (TPSA) is 79.1 Å². The Labute approximate surface area is 149 Å². The Kier molecular flexibility index (Phi) is 4.67. The molecule has 3 rings (SSSR count). The number of rotatable bonds is 5. The molecule has 0 amide bonds. The van der Waals surface area contributed by atoms with Crippen LogP contribution in [-0.4, -0.2) is 31.8 Å². The monoisotopic (exact) mass is 358 g/mol. The van der Waals surface area contributed by atoms with Crippen molar-refractivity contribution in [2.24, 2.45) is 0 Å². The van der Waals surface area contributed by atoms with Crippen molar-refractivity contribution in [3.05, 3.63) is 59.9 Å². The summed E-state index contributed by atoms with van der Waals surface area (Å²) in [6.45, 7) is 3.28. The molecule has 1 aromatic heterocycles. The van der Waals surface area contributed by atoms with Gasteiger partial charge in [0.05, 0.1) is 5.69 Å². The van der Waals surface area contributed by atoms with Crippen molar-refractivity contribution in [2.45, 2.75) is 19.4 Å². The van der Waals surface area contributed by atoms with Gasteiger partial charge in [0.15, 0.2) is 0 Å². The highest BCUT2D eigenvalue weighted by molar-refractivity contribution is 6.30. The summed E-state index contributed by atoms with van der Waals surface area (Å²) in [7, 11) is 0. The molecule has 0 fully saturated rings. The molecule has 0 unspecified atom stereocenters. The number of aromatic nitrogens is 4.